The van der Waals surface area contributed by atoms with Crippen molar-refractivity contribution in [1.29, 1.82) is 0 Å². The number of carbonyl (C=O) groups is 1. The Morgan fingerprint density at radius 2 is 1.81 bits per heavy atom. The quantitative estimate of drug-likeness (QED) is 0.794. The van der Waals surface area contributed by atoms with Crippen LogP contribution < -0.4 is 5.32 Å². The lowest BCUT2D eigenvalue weighted by molar-refractivity contribution is -0.153. The Balaban J connectivity index is 1.45. The van der Waals surface area contributed by atoms with Crippen molar-refractivity contribution in [2.24, 2.45) is 34.5 Å². The van der Waals surface area contributed by atoms with Gasteiger partial charge in [-0.1, -0.05) is 27.2 Å². The van der Waals surface area contributed by atoms with Crippen molar-refractivity contribution in [3.8, 4) is 0 Å². The fourth-order valence-corrected chi connectivity index (χ4v) is 7.89. The minimum Gasteiger partial charge on any atom is -0.374 e. The van der Waals surface area contributed by atoms with Gasteiger partial charge in [0.2, 0.25) is 5.91 Å². The van der Waals surface area contributed by atoms with Crippen LogP contribution in [0.3, 0.4) is 0 Å². The summed E-state index contributed by atoms with van der Waals surface area (Å²) in [5, 5.41) is 3.40. The van der Waals surface area contributed by atoms with Gasteiger partial charge in [0.05, 0.1) is 12.2 Å². The molecule has 1 amide bonds. The van der Waals surface area contributed by atoms with E-state index in [0.29, 0.717) is 35.0 Å². The summed E-state index contributed by atoms with van der Waals surface area (Å²) >= 11 is 0. The van der Waals surface area contributed by atoms with Crippen molar-refractivity contribution in [2.75, 3.05) is 0 Å². The van der Waals surface area contributed by atoms with Crippen LogP contribution in [0.4, 0.5) is 0 Å². The van der Waals surface area contributed by atoms with E-state index in [1.165, 1.54) is 51.4 Å². The van der Waals surface area contributed by atoms with Crippen molar-refractivity contribution in [2.45, 2.75) is 103 Å². The summed E-state index contributed by atoms with van der Waals surface area (Å²) in [6.07, 6.45) is 13.3. The molecule has 1 saturated heterocycles. The van der Waals surface area contributed by atoms with E-state index in [9.17, 15) is 4.79 Å². The first-order valence-corrected chi connectivity index (χ1v) is 11.4. The number of rotatable bonds is 3. The van der Waals surface area contributed by atoms with E-state index in [0.717, 1.165) is 36.5 Å². The molecule has 4 saturated carbocycles. The van der Waals surface area contributed by atoms with Gasteiger partial charge in [-0.05, 0) is 85.9 Å². The molecule has 26 heavy (non-hydrogen) atoms. The SMILES string of the molecule is CC[C@H]1C[C@H]2NC(=O)CC[C@]2(C)[C@H]2CC[C@]3(C)[C@@H](OC4CC4)CC[C@H]3[C@H]12. The Hall–Kier alpha value is -0.570. The molecule has 4 aliphatic carbocycles. The molecule has 5 aliphatic rings. The molecular formula is C23H37NO2. The van der Waals surface area contributed by atoms with Gasteiger partial charge in [0.15, 0.2) is 0 Å². The minimum absolute atomic E-state index is 0.292. The van der Waals surface area contributed by atoms with Gasteiger partial charge < -0.3 is 10.1 Å². The molecule has 0 unspecified atom stereocenters. The minimum atomic E-state index is 0.292. The summed E-state index contributed by atoms with van der Waals surface area (Å²) in [5.74, 6) is 3.55. The molecule has 1 aliphatic heterocycles. The molecule has 0 spiro atoms. The van der Waals surface area contributed by atoms with Crippen LogP contribution in [0.2, 0.25) is 0 Å². The maximum atomic E-state index is 12.1. The second kappa shape index (κ2) is 5.96. The first-order chi connectivity index (χ1) is 12.5. The molecule has 3 nitrogen and oxygen atoms in total. The number of piperidine rings is 1. The Labute approximate surface area is 159 Å². The maximum absolute atomic E-state index is 12.1. The number of amides is 1. The Bertz CT molecular complexity index is 587. The zero-order chi connectivity index (χ0) is 18.1. The third kappa shape index (κ3) is 2.45. The van der Waals surface area contributed by atoms with E-state index in [4.69, 9.17) is 4.74 Å². The molecule has 0 aromatic heterocycles. The fourth-order valence-electron chi connectivity index (χ4n) is 7.89. The molecule has 0 aromatic carbocycles. The monoisotopic (exact) mass is 359 g/mol. The van der Waals surface area contributed by atoms with E-state index < -0.39 is 0 Å². The number of fused-ring (bicyclic) bond motifs is 5. The molecule has 0 aromatic rings. The van der Waals surface area contributed by atoms with Crippen molar-refractivity contribution >= 4 is 5.91 Å². The van der Waals surface area contributed by atoms with Crippen LogP contribution >= 0.6 is 0 Å². The van der Waals surface area contributed by atoms with Crippen molar-refractivity contribution < 1.29 is 9.53 Å². The van der Waals surface area contributed by atoms with Crippen LogP contribution in [0.5, 0.6) is 0 Å². The van der Waals surface area contributed by atoms with Crippen molar-refractivity contribution in [3.05, 3.63) is 0 Å². The second-order valence-corrected chi connectivity index (χ2v) is 10.8. The molecule has 1 heterocycles. The first kappa shape index (κ1) is 17.5. The fraction of sp³-hybridized carbons (Fsp3) is 0.957. The first-order valence-electron chi connectivity index (χ1n) is 11.4. The normalized spacial score (nSPS) is 53.4. The number of hydrogen-bond acceptors (Lipinski definition) is 2. The molecule has 5 rings (SSSR count). The molecule has 1 N–H and O–H groups in total. The summed E-state index contributed by atoms with van der Waals surface area (Å²) in [7, 11) is 0. The highest BCUT2D eigenvalue weighted by Crippen LogP contribution is 2.66. The zero-order valence-corrected chi connectivity index (χ0v) is 16.9. The highest BCUT2D eigenvalue weighted by Gasteiger charge is 2.63. The predicted molar refractivity (Wildman–Crippen MR) is 103 cm³/mol. The maximum Gasteiger partial charge on any atom is 0.220 e. The van der Waals surface area contributed by atoms with Crippen LogP contribution in [0, 0.1) is 34.5 Å². The number of hydrogen-bond donors (Lipinski definition) is 1. The molecule has 8 atom stereocenters. The summed E-state index contributed by atoms with van der Waals surface area (Å²) in [5.41, 5.74) is 0.722. The van der Waals surface area contributed by atoms with Gasteiger partial charge in [-0.3, -0.25) is 4.79 Å². The molecule has 5 fully saturated rings. The zero-order valence-electron chi connectivity index (χ0n) is 16.9. The summed E-state index contributed by atoms with van der Waals surface area (Å²) in [6, 6.07) is 0.416. The van der Waals surface area contributed by atoms with Crippen LogP contribution in [-0.4, -0.2) is 24.2 Å². The number of nitrogens with one attached hydrogen (secondary N) is 1. The third-order valence-electron chi connectivity index (χ3n) is 9.60. The lowest BCUT2D eigenvalue weighted by Gasteiger charge is -2.62. The standard InChI is InChI=1S/C23H37NO2/c1-4-14-13-18-22(2,12-10-20(25)24-18)17-9-11-23(3)16(21(14)17)7-8-19(23)26-15-5-6-15/h14-19,21H,4-13H2,1-3H3,(H,24,25)/t14-,16-,17-,18+,19-,21-,22+,23-/m0/s1. The lowest BCUT2D eigenvalue weighted by Crippen LogP contribution is -2.63. The van der Waals surface area contributed by atoms with E-state index >= 15 is 0 Å². The highest BCUT2D eigenvalue weighted by molar-refractivity contribution is 5.77. The third-order valence-corrected chi connectivity index (χ3v) is 9.60. The van der Waals surface area contributed by atoms with E-state index in [-0.39, 0.29) is 0 Å². The van der Waals surface area contributed by atoms with Gasteiger partial charge in [-0.25, -0.2) is 0 Å². The average molecular weight is 360 g/mol. The summed E-state index contributed by atoms with van der Waals surface area (Å²) in [4.78, 5) is 12.1. The van der Waals surface area contributed by atoms with Crippen LogP contribution in [-0.2, 0) is 9.53 Å². The molecule has 0 bridgehead atoms. The van der Waals surface area contributed by atoms with Crippen LogP contribution in [0.1, 0.15) is 85.0 Å². The van der Waals surface area contributed by atoms with Gasteiger partial charge >= 0.3 is 0 Å². The average Bonchev–Trinajstić information content (AvgIpc) is 3.37. The number of carbonyl (C=O) groups excluding carboxylic acids is 1. The summed E-state index contributed by atoms with van der Waals surface area (Å²) in [6.45, 7) is 7.46. The van der Waals surface area contributed by atoms with Gasteiger partial charge in [-0.2, -0.15) is 0 Å². The van der Waals surface area contributed by atoms with Gasteiger partial charge in [0, 0.05) is 12.5 Å². The summed E-state index contributed by atoms with van der Waals surface area (Å²) < 4.78 is 6.53. The van der Waals surface area contributed by atoms with E-state index in [1.54, 1.807) is 0 Å². The molecular weight excluding hydrogens is 322 g/mol. The van der Waals surface area contributed by atoms with Gasteiger partial charge in [0.25, 0.3) is 0 Å². The molecule has 3 heteroatoms. The van der Waals surface area contributed by atoms with Gasteiger partial charge in [0.1, 0.15) is 0 Å². The largest absolute Gasteiger partial charge is 0.374 e. The smallest absolute Gasteiger partial charge is 0.220 e. The van der Waals surface area contributed by atoms with E-state index in [2.05, 4.69) is 26.1 Å². The van der Waals surface area contributed by atoms with Crippen LogP contribution in [0.15, 0.2) is 0 Å². The highest BCUT2D eigenvalue weighted by atomic mass is 16.5. The van der Waals surface area contributed by atoms with Crippen molar-refractivity contribution in [3.63, 3.8) is 0 Å². The predicted octanol–water partition coefficient (Wildman–Crippen LogP) is 4.69. The topological polar surface area (TPSA) is 38.3 Å². The molecule has 146 valence electrons. The number of ether oxygens (including phenoxy) is 1. The Morgan fingerprint density at radius 1 is 1.04 bits per heavy atom. The van der Waals surface area contributed by atoms with Gasteiger partial charge in [-0.15, -0.1) is 0 Å². The Morgan fingerprint density at radius 3 is 2.54 bits per heavy atom. The Kier molecular flexibility index (Phi) is 4.02. The van der Waals surface area contributed by atoms with E-state index in [1.807, 2.05) is 0 Å². The van der Waals surface area contributed by atoms with Crippen molar-refractivity contribution in [1.82, 2.24) is 5.32 Å². The van der Waals surface area contributed by atoms with Crippen LogP contribution in [0.25, 0.3) is 0 Å². The second-order valence-electron chi connectivity index (χ2n) is 10.8. The lowest BCUT2D eigenvalue weighted by atomic mass is 9.45. The molecule has 0 radical (unpaired) electrons.